The van der Waals surface area contributed by atoms with Gasteiger partial charge in [0, 0.05) is 24.2 Å². The number of hydrogen-bond donors (Lipinski definition) is 3. The molecule has 0 spiro atoms. The molecule has 0 heterocycles. The summed E-state index contributed by atoms with van der Waals surface area (Å²) in [7, 11) is 0. The van der Waals surface area contributed by atoms with Crippen molar-refractivity contribution in [1.82, 2.24) is 5.32 Å². The van der Waals surface area contributed by atoms with Gasteiger partial charge in [0.1, 0.15) is 11.6 Å². The lowest BCUT2D eigenvalue weighted by Crippen LogP contribution is -2.54. The Morgan fingerprint density at radius 3 is 2.44 bits per heavy atom. The van der Waals surface area contributed by atoms with E-state index < -0.39 is 23.8 Å². The van der Waals surface area contributed by atoms with Crippen molar-refractivity contribution in [2.45, 2.75) is 82.9 Å². The minimum Gasteiger partial charge on any atom is -0.390 e. The molecule has 3 rings (SSSR count). The van der Waals surface area contributed by atoms with E-state index in [0.717, 1.165) is 25.3 Å². The smallest absolute Gasteiger partial charge is 0.126 e. The predicted molar refractivity (Wildman–Crippen MR) is 126 cm³/mol. The van der Waals surface area contributed by atoms with Gasteiger partial charge < -0.3 is 16.2 Å². The molecule has 0 aliphatic heterocycles. The predicted octanol–water partition coefficient (Wildman–Crippen LogP) is 5.19. The van der Waals surface area contributed by atoms with Crippen LogP contribution in [0.2, 0.25) is 0 Å². The summed E-state index contributed by atoms with van der Waals surface area (Å²) in [5.74, 6) is -0.853. The van der Waals surface area contributed by atoms with E-state index in [1.54, 1.807) is 0 Å². The zero-order chi connectivity index (χ0) is 23.5. The van der Waals surface area contributed by atoms with Gasteiger partial charge in [-0.2, -0.15) is 0 Å². The highest BCUT2D eigenvalue weighted by atomic mass is 19.1. The van der Waals surface area contributed by atoms with Crippen molar-refractivity contribution in [2.24, 2.45) is 11.7 Å². The number of nitrogens with one attached hydrogen (secondary N) is 1. The van der Waals surface area contributed by atoms with Crippen molar-refractivity contribution >= 4 is 0 Å². The van der Waals surface area contributed by atoms with Crippen LogP contribution in [0.15, 0.2) is 42.5 Å². The average molecular weight is 445 g/mol. The van der Waals surface area contributed by atoms with Gasteiger partial charge in [-0.1, -0.05) is 64.8 Å². The zero-order valence-electron chi connectivity index (χ0n) is 19.8. The molecule has 2 aromatic carbocycles. The molecule has 1 aliphatic carbocycles. The van der Waals surface area contributed by atoms with Crippen LogP contribution < -0.4 is 11.1 Å². The van der Waals surface area contributed by atoms with Crippen molar-refractivity contribution in [3.8, 4) is 0 Å². The Labute approximate surface area is 191 Å². The summed E-state index contributed by atoms with van der Waals surface area (Å²) in [5, 5.41) is 14.5. The van der Waals surface area contributed by atoms with Gasteiger partial charge in [0.15, 0.2) is 0 Å². The van der Waals surface area contributed by atoms with Gasteiger partial charge in [-0.3, -0.25) is 0 Å². The highest BCUT2D eigenvalue weighted by Gasteiger charge is 2.40. The summed E-state index contributed by atoms with van der Waals surface area (Å²) in [6, 6.07) is 11.5. The normalized spacial score (nSPS) is 23.7. The van der Waals surface area contributed by atoms with Crippen LogP contribution in [0.4, 0.5) is 8.78 Å². The lowest BCUT2D eigenvalue weighted by molar-refractivity contribution is 0.0948. The Morgan fingerprint density at radius 2 is 1.81 bits per heavy atom. The van der Waals surface area contributed by atoms with Crippen LogP contribution in [0.25, 0.3) is 0 Å². The Kier molecular flexibility index (Phi) is 7.74. The third-order valence-electron chi connectivity index (χ3n) is 7.06. The third kappa shape index (κ3) is 5.75. The van der Waals surface area contributed by atoms with Gasteiger partial charge in [0.05, 0.1) is 6.10 Å². The summed E-state index contributed by atoms with van der Waals surface area (Å²) < 4.78 is 27.0. The monoisotopic (exact) mass is 444 g/mol. The largest absolute Gasteiger partial charge is 0.390 e. The topological polar surface area (TPSA) is 58.3 Å². The van der Waals surface area contributed by atoms with E-state index in [1.807, 2.05) is 0 Å². The van der Waals surface area contributed by atoms with Crippen molar-refractivity contribution in [3.05, 3.63) is 70.8 Å². The maximum atomic E-state index is 13.5. The molecule has 0 aromatic heterocycles. The maximum absolute atomic E-state index is 13.5. The molecule has 1 aliphatic rings. The average Bonchev–Trinajstić information content (AvgIpc) is 2.72. The third-order valence-corrected chi connectivity index (χ3v) is 7.06. The minimum absolute atomic E-state index is 0.0528. The molecule has 4 atom stereocenters. The molecule has 4 unspecified atom stereocenters. The molecular formula is C27H38F2N2O. The van der Waals surface area contributed by atoms with Gasteiger partial charge >= 0.3 is 0 Å². The highest BCUT2D eigenvalue weighted by molar-refractivity contribution is 5.34. The van der Waals surface area contributed by atoms with Crippen LogP contribution in [0.3, 0.4) is 0 Å². The minimum atomic E-state index is -0.835. The first-order valence-corrected chi connectivity index (χ1v) is 11.8. The van der Waals surface area contributed by atoms with E-state index in [2.05, 4.69) is 57.3 Å². The van der Waals surface area contributed by atoms with E-state index in [0.29, 0.717) is 18.0 Å². The first kappa shape index (κ1) is 24.8. The van der Waals surface area contributed by atoms with Gasteiger partial charge in [0.2, 0.25) is 0 Å². The summed E-state index contributed by atoms with van der Waals surface area (Å²) in [6.45, 7) is 9.25. The summed E-state index contributed by atoms with van der Waals surface area (Å²) in [6.07, 6.45) is 3.83. The number of hydrogen-bond acceptors (Lipinski definition) is 3. The molecule has 1 saturated carbocycles. The highest BCUT2D eigenvalue weighted by Crippen LogP contribution is 2.42. The van der Waals surface area contributed by atoms with Crippen molar-refractivity contribution in [3.63, 3.8) is 0 Å². The van der Waals surface area contributed by atoms with Gasteiger partial charge in [-0.25, -0.2) is 8.78 Å². The lowest BCUT2D eigenvalue weighted by atomic mass is 9.68. The van der Waals surface area contributed by atoms with E-state index in [4.69, 9.17) is 5.73 Å². The second-order valence-electron chi connectivity index (χ2n) is 10.5. The van der Waals surface area contributed by atoms with Crippen molar-refractivity contribution < 1.29 is 13.9 Å². The van der Waals surface area contributed by atoms with E-state index in [9.17, 15) is 13.9 Å². The van der Waals surface area contributed by atoms with Gasteiger partial charge in [-0.15, -0.1) is 0 Å². The van der Waals surface area contributed by atoms with Crippen LogP contribution >= 0.6 is 0 Å². The second-order valence-corrected chi connectivity index (χ2v) is 10.5. The van der Waals surface area contributed by atoms with Crippen molar-refractivity contribution in [1.29, 1.82) is 0 Å². The molecule has 2 aromatic rings. The Balaban J connectivity index is 1.78. The first-order valence-electron chi connectivity index (χ1n) is 11.8. The second kappa shape index (κ2) is 9.98. The zero-order valence-corrected chi connectivity index (χ0v) is 19.8. The number of benzene rings is 2. The molecule has 3 nitrogen and oxygen atoms in total. The molecule has 1 fully saturated rings. The molecule has 32 heavy (non-hydrogen) atoms. The molecular weight excluding hydrogens is 406 g/mol. The molecule has 176 valence electrons. The Hall–Kier alpha value is -1.82. The molecule has 0 radical (unpaired) electrons. The van der Waals surface area contributed by atoms with E-state index in [-0.39, 0.29) is 17.4 Å². The summed E-state index contributed by atoms with van der Waals surface area (Å²) in [4.78, 5) is 0. The number of rotatable bonds is 7. The van der Waals surface area contributed by atoms with Crippen LogP contribution in [0.5, 0.6) is 0 Å². The number of nitrogens with two attached hydrogens (primary N) is 1. The van der Waals surface area contributed by atoms with Crippen LogP contribution in [-0.2, 0) is 17.4 Å². The summed E-state index contributed by atoms with van der Waals surface area (Å²) >= 11 is 0. The van der Waals surface area contributed by atoms with Crippen LogP contribution in [-0.4, -0.2) is 23.8 Å². The van der Waals surface area contributed by atoms with Crippen LogP contribution in [0, 0.1) is 17.6 Å². The molecule has 0 amide bonds. The molecule has 4 N–H and O–H groups in total. The number of aliphatic hydroxyl groups excluding tert-OH is 1. The van der Waals surface area contributed by atoms with Crippen LogP contribution in [0.1, 0.15) is 70.1 Å². The fourth-order valence-corrected chi connectivity index (χ4v) is 4.98. The fourth-order valence-electron chi connectivity index (χ4n) is 4.98. The van der Waals surface area contributed by atoms with Crippen molar-refractivity contribution in [2.75, 3.05) is 6.54 Å². The Bertz CT molecular complexity index is 891. The Morgan fingerprint density at radius 1 is 1.12 bits per heavy atom. The number of halogens is 2. The van der Waals surface area contributed by atoms with E-state index in [1.165, 1.54) is 29.7 Å². The van der Waals surface area contributed by atoms with E-state index >= 15 is 0 Å². The van der Waals surface area contributed by atoms with Gasteiger partial charge in [-0.05, 0) is 59.4 Å². The lowest BCUT2D eigenvalue weighted by Gasteiger charge is -2.45. The maximum Gasteiger partial charge on any atom is 0.126 e. The number of aliphatic hydroxyl groups is 1. The quantitative estimate of drug-likeness (QED) is 0.551. The SMILES string of the molecule is CC1CCCCC1(NCC(O)C(N)Cc1cc(F)cc(F)c1)c1cccc(C(C)(C)C)c1. The fraction of sp³-hybridized carbons (Fsp3) is 0.556. The first-order chi connectivity index (χ1) is 15.0. The standard InChI is InChI=1S/C27H38F2N2O/c1-18-8-5-6-11-27(18,21-10-7-9-20(15-21)26(2,3)4)31-17-25(32)24(30)14-19-12-22(28)16-23(29)13-19/h7,9-10,12-13,15-16,18,24-25,31-32H,5-6,8,11,14,17,30H2,1-4H3. The molecule has 0 saturated heterocycles. The van der Waals surface area contributed by atoms with Gasteiger partial charge in [0.25, 0.3) is 0 Å². The molecule has 5 heteroatoms. The summed E-state index contributed by atoms with van der Waals surface area (Å²) in [5.41, 5.74) is 9.05. The molecule has 0 bridgehead atoms.